The molecule has 0 heterocycles. The molecule has 6 aromatic carbocycles. The lowest BCUT2D eigenvalue weighted by Crippen LogP contribution is -2.55. The molecule has 0 unspecified atom stereocenters. The van der Waals surface area contributed by atoms with Crippen LogP contribution in [-0.4, -0.2) is 0 Å². The van der Waals surface area contributed by atoms with Crippen LogP contribution in [0.4, 0.5) is 17.1 Å². The van der Waals surface area contributed by atoms with Gasteiger partial charge in [0.1, 0.15) is 0 Å². The molecule has 13 rings (SSSR count). The second kappa shape index (κ2) is 11.9. The molecule has 4 fully saturated rings. The Hall–Kier alpha value is -4.88. The molecule has 1 heteroatoms. The van der Waals surface area contributed by atoms with E-state index in [4.69, 9.17) is 0 Å². The van der Waals surface area contributed by atoms with Crippen molar-refractivity contribution >= 4 is 17.1 Å². The van der Waals surface area contributed by atoms with Crippen molar-refractivity contribution in [3.8, 4) is 33.4 Å². The SMILES string of the molecule is CC1(C)CCC(C)(C)c2cc(-c3ccc(N(c4ccc5c(c4)-c4ccccc4C54C5CC6CC(C5)CC4C6)c4ccc5c(c4)C(C)(C)c4ccccc4-5)cc3)ccc21. The molecule has 1 spiro atoms. The van der Waals surface area contributed by atoms with E-state index in [1.54, 1.807) is 11.1 Å². The lowest BCUT2D eigenvalue weighted by atomic mass is 9.43. The normalized spacial score (nSPS) is 26.8. The summed E-state index contributed by atoms with van der Waals surface area (Å²) in [7, 11) is 0. The summed E-state index contributed by atoms with van der Waals surface area (Å²) in [5, 5.41) is 0. The summed E-state index contributed by atoms with van der Waals surface area (Å²) in [6.45, 7) is 14.5. The van der Waals surface area contributed by atoms with Gasteiger partial charge >= 0.3 is 0 Å². The van der Waals surface area contributed by atoms with E-state index < -0.39 is 0 Å². The van der Waals surface area contributed by atoms with Gasteiger partial charge in [0.15, 0.2) is 0 Å². The first-order chi connectivity index (χ1) is 27.9. The van der Waals surface area contributed by atoms with Crippen LogP contribution in [0, 0.1) is 23.7 Å². The van der Waals surface area contributed by atoms with Gasteiger partial charge in [0.2, 0.25) is 0 Å². The Morgan fingerprint density at radius 1 is 0.397 bits per heavy atom. The summed E-state index contributed by atoms with van der Waals surface area (Å²) in [5.41, 5.74) is 21.5. The van der Waals surface area contributed by atoms with Gasteiger partial charge in [-0.2, -0.15) is 0 Å². The molecule has 6 aromatic rings. The van der Waals surface area contributed by atoms with Gasteiger partial charge in [-0.15, -0.1) is 0 Å². The molecule has 0 amide bonds. The first kappa shape index (κ1) is 35.1. The van der Waals surface area contributed by atoms with Crippen molar-refractivity contribution in [2.75, 3.05) is 4.90 Å². The second-order valence-electron chi connectivity index (χ2n) is 21.3. The average Bonchev–Trinajstić information content (AvgIpc) is 3.64. The minimum Gasteiger partial charge on any atom is -0.310 e. The minimum atomic E-state index is -0.0744. The molecule has 0 atom stereocenters. The molecular formula is C57H57N. The summed E-state index contributed by atoms with van der Waals surface area (Å²) in [5.74, 6) is 3.41. The summed E-state index contributed by atoms with van der Waals surface area (Å²) < 4.78 is 0. The highest BCUT2D eigenvalue weighted by molar-refractivity contribution is 5.89. The van der Waals surface area contributed by atoms with Gasteiger partial charge in [-0.3, -0.25) is 0 Å². The van der Waals surface area contributed by atoms with Crippen molar-refractivity contribution in [2.24, 2.45) is 23.7 Å². The summed E-state index contributed by atoms with van der Waals surface area (Å²) in [6.07, 6.45) is 9.58. The van der Waals surface area contributed by atoms with Crippen LogP contribution < -0.4 is 4.90 Å². The maximum Gasteiger partial charge on any atom is 0.0468 e. The van der Waals surface area contributed by atoms with Crippen LogP contribution in [0.15, 0.2) is 127 Å². The standard InChI is InChI=1S/C57H57N/c1-54(2)25-26-55(3,4)53-32-38(17-23-51(53)54)37-15-18-41(19-16-37)58(43-20-22-46-44-11-7-9-13-48(44)56(5,6)52(46)34-43)42-21-24-50-47(33-42)45-12-8-10-14-49(45)57(50)39-28-35-27-36(30-39)31-40(57)29-35/h7-24,32-36,39-40H,25-31H2,1-6H3. The van der Waals surface area contributed by atoms with Crippen molar-refractivity contribution in [3.05, 3.63) is 161 Å². The average molecular weight is 756 g/mol. The number of hydrogen-bond acceptors (Lipinski definition) is 1. The lowest BCUT2D eigenvalue weighted by Gasteiger charge is -2.61. The highest BCUT2D eigenvalue weighted by atomic mass is 15.1. The van der Waals surface area contributed by atoms with Crippen molar-refractivity contribution in [1.82, 2.24) is 0 Å². The Morgan fingerprint density at radius 3 is 1.62 bits per heavy atom. The third-order valence-corrected chi connectivity index (χ3v) is 16.9. The second-order valence-corrected chi connectivity index (χ2v) is 21.3. The summed E-state index contributed by atoms with van der Waals surface area (Å²) in [6, 6.07) is 50.2. The van der Waals surface area contributed by atoms with Crippen LogP contribution in [0.3, 0.4) is 0 Å². The van der Waals surface area contributed by atoms with Crippen LogP contribution in [0.25, 0.3) is 33.4 Å². The zero-order valence-corrected chi connectivity index (χ0v) is 35.3. The first-order valence-corrected chi connectivity index (χ1v) is 22.5. The van der Waals surface area contributed by atoms with Gasteiger partial charge in [0, 0.05) is 27.9 Å². The maximum atomic E-state index is 2.58. The van der Waals surface area contributed by atoms with Crippen molar-refractivity contribution in [1.29, 1.82) is 0 Å². The molecular weight excluding hydrogens is 699 g/mol. The van der Waals surface area contributed by atoms with Crippen molar-refractivity contribution in [2.45, 2.75) is 108 Å². The van der Waals surface area contributed by atoms with Crippen LogP contribution in [-0.2, 0) is 21.7 Å². The molecule has 58 heavy (non-hydrogen) atoms. The monoisotopic (exact) mass is 755 g/mol. The Bertz CT molecular complexity index is 2640. The third kappa shape index (κ3) is 4.71. The summed E-state index contributed by atoms with van der Waals surface area (Å²) in [4.78, 5) is 2.55. The molecule has 0 aliphatic heterocycles. The fourth-order valence-electron chi connectivity index (χ4n) is 14.1. The Labute approximate surface area is 346 Å². The molecule has 0 radical (unpaired) electrons. The molecule has 7 aliphatic carbocycles. The van der Waals surface area contributed by atoms with E-state index in [0.717, 1.165) is 23.7 Å². The molecule has 0 saturated heterocycles. The van der Waals surface area contributed by atoms with E-state index in [9.17, 15) is 0 Å². The molecule has 0 aromatic heterocycles. The quantitative estimate of drug-likeness (QED) is 0.173. The zero-order valence-electron chi connectivity index (χ0n) is 35.3. The lowest BCUT2D eigenvalue weighted by molar-refractivity contribution is -0.0399. The van der Waals surface area contributed by atoms with Crippen LogP contribution in [0.1, 0.15) is 120 Å². The van der Waals surface area contributed by atoms with E-state index in [-0.39, 0.29) is 21.7 Å². The molecule has 7 aliphatic rings. The Balaban J connectivity index is 1.00. The van der Waals surface area contributed by atoms with E-state index in [0.29, 0.717) is 0 Å². The zero-order chi connectivity index (χ0) is 39.3. The van der Waals surface area contributed by atoms with E-state index in [1.165, 1.54) is 118 Å². The highest BCUT2D eigenvalue weighted by Crippen LogP contribution is 2.69. The van der Waals surface area contributed by atoms with E-state index >= 15 is 0 Å². The predicted octanol–water partition coefficient (Wildman–Crippen LogP) is 15.2. The van der Waals surface area contributed by atoms with E-state index in [1.807, 2.05) is 0 Å². The van der Waals surface area contributed by atoms with Gasteiger partial charge in [-0.1, -0.05) is 133 Å². The molecule has 4 bridgehead atoms. The summed E-state index contributed by atoms with van der Waals surface area (Å²) >= 11 is 0. The van der Waals surface area contributed by atoms with Crippen LogP contribution in [0.2, 0.25) is 0 Å². The number of anilines is 3. The Kier molecular flexibility index (Phi) is 7.18. The van der Waals surface area contributed by atoms with Gasteiger partial charge in [-0.25, -0.2) is 0 Å². The Morgan fingerprint density at radius 2 is 0.914 bits per heavy atom. The fraction of sp³-hybridized carbons (Fsp3) is 0.368. The largest absolute Gasteiger partial charge is 0.310 e. The van der Waals surface area contributed by atoms with Gasteiger partial charge in [0.05, 0.1) is 0 Å². The number of hydrogen-bond donors (Lipinski definition) is 0. The first-order valence-electron chi connectivity index (χ1n) is 22.5. The van der Waals surface area contributed by atoms with Gasteiger partial charge in [0.25, 0.3) is 0 Å². The third-order valence-electron chi connectivity index (χ3n) is 16.9. The van der Waals surface area contributed by atoms with Crippen LogP contribution >= 0.6 is 0 Å². The minimum absolute atomic E-state index is 0.0744. The van der Waals surface area contributed by atoms with Crippen LogP contribution in [0.5, 0.6) is 0 Å². The molecule has 4 saturated carbocycles. The number of nitrogens with zero attached hydrogens (tertiary/aromatic N) is 1. The number of benzene rings is 6. The molecule has 1 nitrogen and oxygen atoms in total. The molecule has 290 valence electrons. The number of fused-ring (bicyclic) bond motifs is 7. The number of rotatable bonds is 4. The van der Waals surface area contributed by atoms with E-state index in [2.05, 4.69) is 174 Å². The maximum absolute atomic E-state index is 2.58. The van der Waals surface area contributed by atoms with Crippen molar-refractivity contribution < 1.29 is 0 Å². The fourth-order valence-corrected chi connectivity index (χ4v) is 14.1. The molecule has 0 N–H and O–H groups in total. The highest BCUT2D eigenvalue weighted by Gasteiger charge is 2.61. The van der Waals surface area contributed by atoms with Gasteiger partial charge in [-0.05, 0) is 183 Å². The van der Waals surface area contributed by atoms with Gasteiger partial charge < -0.3 is 4.90 Å². The van der Waals surface area contributed by atoms with Crippen molar-refractivity contribution in [3.63, 3.8) is 0 Å². The predicted molar refractivity (Wildman–Crippen MR) is 243 cm³/mol. The smallest absolute Gasteiger partial charge is 0.0468 e. The topological polar surface area (TPSA) is 3.24 Å².